The predicted molar refractivity (Wildman–Crippen MR) is 106 cm³/mol. The fourth-order valence-corrected chi connectivity index (χ4v) is 3.88. The summed E-state index contributed by atoms with van der Waals surface area (Å²) in [6, 6.07) is 16.9. The van der Waals surface area contributed by atoms with Crippen LogP contribution in [0.2, 0.25) is 0 Å². The number of para-hydroxylation sites is 1. The fraction of sp³-hybridized carbons (Fsp3) is 0.238. The zero-order valence-corrected chi connectivity index (χ0v) is 15.9. The number of hydrogen-bond acceptors (Lipinski definition) is 5. The van der Waals surface area contributed by atoms with E-state index in [0.29, 0.717) is 40.5 Å². The molecule has 5 nitrogen and oxygen atoms in total. The van der Waals surface area contributed by atoms with Crippen molar-refractivity contribution in [2.75, 3.05) is 26.0 Å². The van der Waals surface area contributed by atoms with Gasteiger partial charge >= 0.3 is 0 Å². The lowest BCUT2D eigenvalue weighted by molar-refractivity contribution is -0.136. The SMILES string of the molecule is COc1ccccc1C1=C(SCCO)C(=O)N(CCc2ccccc2)C1=O. The molecule has 0 bridgehead atoms. The molecule has 3 rings (SSSR count). The van der Waals surface area contributed by atoms with Crippen LogP contribution in [-0.4, -0.2) is 47.8 Å². The summed E-state index contributed by atoms with van der Waals surface area (Å²) in [5.41, 5.74) is 2.01. The Morgan fingerprint density at radius 2 is 1.70 bits per heavy atom. The molecule has 0 spiro atoms. The monoisotopic (exact) mass is 383 g/mol. The van der Waals surface area contributed by atoms with Gasteiger partial charge in [-0.15, -0.1) is 11.8 Å². The summed E-state index contributed by atoms with van der Waals surface area (Å²) >= 11 is 1.21. The van der Waals surface area contributed by atoms with Crippen LogP contribution in [0.15, 0.2) is 59.5 Å². The minimum Gasteiger partial charge on any atom is -0.496 e. The molecule has 2 amide bonds. The van der Waals surface area contributed by atoms with Gasteiger partial charge in [0, 0.05) is 17.9 Å². The van der Waals surface area contributed by atoms with Gasteiger partial charge in [0.15, 0.2) is 0 Å². The first-order chi connectivity index (χ1) is 13.2. The van der Waals surface area contributed by atoms with Crippen LogP contribution < -0.4 is 4.74 Å². The van der Waals surface area contributed by atoms with Gasteiger partial charge in [0.25, 0.3) is 11.8 Å². The molecule has 2 aromatic carbocycles. The molecule has 1 heterocycles. The quantitative estimate of drug-likeness (QED) is 0.710. The van der Waals surface area contributed by atoms with Gasteiger partial charge in [-0.25, -0.2) is 0 Å². The molecule has 0 unspecified atom stereocenters. The number of methoxy groups -OCH3 is 1. The van der Waals surface area contributed by atoms with Crippen LogP contribution >= 0.6 is 11.8 Å². The minimum absolute atomic E-state index is 0.0706. The number of aliphatic hydroxyl groups is 1. The highest BCUT2D eigenvalue weighted by atomic mass is 32.2. The van der Waals surface area contributed by atoms with E-state index in [4.69, 9.17) is 4.74 Å². The van der Waals surface area contributed by atoms with Crippen LogP contribution in [0.1, 0.15) is 11.1 Å². The summed E-state index contributed by atoms with van der Waals surface area (Å²) in [5.74, 6) is 0.260. The summed E-state index contributed by atoms with van der Waals surface area (Å²) in [4.78, 5) is 27.7. The average molecular weight is 383 g/mol. The Hall–Kier alpha value is -2.57. The Morgan fingerprint density at radius 3 is 2.41 bits per heavy atom. The second-order valence-corrected chi connectivity index (χ2v) is 7.08. The first kappa shape index (κ1) is 19.2. The molecular formula is C21H21NO4S. The lowest BCUT2D eigenvalue weighted by Gasteiger charge is -2.15. The molecule has 0 atom stereocenters. The normalized spacial score (nSPS) is 14.2. The van der Waals surface area contributed by atoms with E-state index in [1.165, 1.54) is 23.8 Å². The van der Waals surface area contributed by atoms with Gasteiger partial charge in [-0.1, -0.05) is 48.5 Å². The average Bonchev–Trinajstić information content (AvgIpc) is 2.94. The number of rotatable bonds is 8. The smallest absolute Gasteiger partial charge is 0.267 e. The van der Waals surface area contributed by atoms with E-state index in [2.05, 4.69) is 0 Å². The number of carbonyl (C=O) groups excluding carboxylic acids is 2. The number of imide groups is 1. The van der Waals surface area contributed by atoms with Crippen molar-refractivity contribution in [1.82, 2.24) is 4.90 Å². The molecule has 1 N–H and O–H groups in total. The number of carbonyl (C=O) groups is 2. The molecule has 1 aliphatic heterocycles. The van der Waals surface area contributed by atoms with Gasteiger partial charge in [-0.3, -0.25) is 14.5 Å². The largest absolute Gasteiger partial charge is 0.496 e. The molecule has 0 saturated carbocycles. The first-order valence-electron chi connectivity index (χ1n) is 8.68. The zero-order chi connectivity index (χ0) is 19.2. The van der Waals surface area contributed by atoms with Crippen molar-refractivity contribution < 1.29 is 19.4 Å². The number of benzene rings is 2. The van der Waals surface area contributed by atoms with E-state index in [1.807, 2.05) is 42.5 Å². The van der Waals surface area contributed by atoms with Crippen LogP contribution in [0.25, 0.3) is 5.57 Å². The zero-order valence-electron chi connectivity index (χ0n) is 15.1. The van der Waals surface area contributed by atoms with Crippen LogP contribution in [-0.2, 0) is 16.0 Å². The van der Waals surface area contributed by atoms with Crippen LogP contribution in [0.3, 0.4) is 0 Å². The van der Waals surface area contributed by atoms with Gasteiger partial charge in [0.2, 0.25) is 0 Å². The van der Waals surface area contributed by atoms with Crippen molar-refractivity contribution in [3.05, 3.63) is 70.6 Å². The maximum absolute atomic E-state index is 13.1. The highest BCUT2D eigenvalue weighted by Gasteiger charge is 2.39. The van der Waals surface area contributed by atoms with Gasteiger partial charge in [0.1, 0.15) is 5.75 Å². The van der Waals surface area contributed by atoms with E-state index in [-0.39, 0.29) is 18.4 Å². The van der Waals surface area contributed by atoms with Gasteiger partial charge in [0.05, 0.1) is 24.2 Å². The molecule has 0 fully saturated rings. The molecular weight excluding hydrogens is 362 g/mol. The molecule has 27 heavy (non-hydrogen) atoms. The van der Waals surface area contributed by atoms with E-state index < -0.39 is 0 Å². The summed E-state index contributed by atoms with van der Waals surface area (Å²) in [5, 5.41) is 9.18. The van der Waals surface area contributed by atoms with Crippen molar-refractivity contribution in [2.24, 2.45) is 0 Å². The van der Waals surface area contributed by atoms with Crippen molar-refractivity contribution in [2.45, 2.75) is 6.42 Å². The molecule has 0 radical (unpaired) electrons. The second-order valence-electron chi connectivity index (χ2n) is 5.97. The Bertz CT molecular complexity index is 863. The molecule has 2 aromatic rings. The Labute approximate surface area is 162 Å². The topological polar surface area (TPSA) is 66.8 Å². The molecule has 0 aromatic heterocycles. The Kier molecular flexibility index (Phi) is 6.32. The number of hydrogen-bond donors (Lipinski definition) is 1. The minimum atomic E-state index is -0.319. The summed E-state index contributed by atoms with van der Waals surface area (Å²) < 4.78 is 5.38. The fourth-order valence-electron chi connectivity index (χ4n) is 3.01. The number of aliphatic hydroxyl groups excluding tert-OH is 1. The summed E-state index contributed by atoms with van der Waals surface area (Å²) in [7, 11) is 1.54. The number of amides is 2. The van der Waals surface area contributed by atoms with Crippen molar-refractivity contribution in [3.8, 4) is 5.75 Å². The van der Waals surface area contributed by atoms with E-state index in [9.17, 15) is 14.7 Å². The third kappa shape index (κ3) is 4.07. The third-order valence-corrected chi connectivity index (χ3v) is 5.36. The molecule has 0 aliphatic carbocycles. The highest BCUT2D eigenvalue weighted by Crippen LogP contribution is 2.39. The molecule has 6 heteroatoms. The van der Waals surface area contributed by atoms with Crippen LogP contribution in [0, 0.1) is 0 Å². The van der Waals surface area contributed by atoms with Gasteiger partial charge < -0.3 is 9.84 Å². The maximum Gasteiger partial charge on any atom is 0.267 e. The van der Waals surface area contributed by atoms with Crippen molar-refractivity contribution in [1.29, 1.82) is 0 Å². The lowest BCUT2D eigenvalue weighted by atomic mass is 10.0. The van der Waals surface area contributed by atoms with E-state index in [1.54, 1.807) is 12.1 Å². The standard InChI is InChI=1S/C21H21NO4S/c1-26-17-10-6-5-9-16(17)18-19(27-14-13-23)21(25)22(20(18)24)12-11-15-7-3-2-4-8-15/h2-10,23H,11-14H2,1H3. The van der Waals surface area contributed by atoms with E-state index >= 15 is 0 Å². The third-order valence-electron chi connectivity index (χ3n) is 4.31. The number of thioether (sulfide) groups is 1. The highest BCUT2D eigenvalue weighted by molar-refractivity contribution is 8.04. The molecule has 140 valence electrons. The van der Waals surface area contributed by atoms with Crippen LogP contribution in [0.4, 0.5) is 0 Å². The number of nitrogens with zero attached hydrogens (tertiary/aromatic N) is 1. The van der Waals surface area contributed by atoms with Crippen molar-refractivity contribution in [3.63, 3.8) is 0 Å². The van der Waals surface area contributed by atoms with E-state index in [0.717, 1.165) is 5.56 Å². The lowest BCUT2D eigenvalue weighted by Crippen LogP contribution is -2.33. The van der Waals surface area contributed by atoms with Gasteiger partial charge in [-0.05, 0) is 18.1 Å². The molecule has 0 saturated heterocycles. The molecule has 1 aliphatic rings. The van der Waals surface area contributed by atoms with Crippen molar-refractivity contribution >= 4 is 29.1 Å². The Morgan fingerprint density at radius 1 is 1.00 bits per heavy atom. The summed E-state index contributed by atoms with van der Waals surface area (Å²) in [6.45, 7) is 0.238. The first-order valence-corrected chi connectivity index (χ1v) is 9.67. The van der Waals surface area contributed by atoms with Gasteiger partial charge in [-0.2, -0.15) is 0 Å². The van der Waals surface area contributed by atoms with Crippen LogP contribution in [0.5, 0.6) is 5.75 Å². The predicted octanol–water partition coefficient (Wildman–Crippen LogP) is 2.74. The summed E-state index contributed by atoms with van der Waals surface area (Å²) in [6.07, 6.45) is 0.593. The number of ether oxygens (including phenoxy) is 1. The maximum atomic E-state index is 13.1. The second kappa shape index (κ2) is 8.88. The Balaban J connectivity index is 1.91.